The monoisotopic (exact) mass is 351 g/mol. The van der Waals surface area contributed by atoms with Crippen LogP contribution in [-0.2, 0) is 6.54 Å². The van der Waals surface area contributed by atoms with Gasteiger partial charge in [-0.25, -0.2) is 4.98 Å². The summed E-state index contributed by atoms with van der Waals surface area (Å²) in [6.45, 7) is 3.55. The molecule has 2 aromatic heterocycles. The van der Waals surface area contributed by atoms with Crippen molar-refractivity contribution in [1.29, 1.82) is 0 Å². The number of carbonyl (C=O) groups is 1. The molecule has 0 atom stereocenters. The molecular formula is C20H25N5O. The zero-order valence-electron chi connectivity index (χ0n) is 15.2. The van der Waals surface area contributed by atoms with E-state index in [1.165, 1.54) is 12.8 Å². The van der Waals surface area contributed by atoms with Gasteiger partial charge in [0.05, 0.1) is 29.6 Å². The number of aromatic nitrogens is 4. The molecule has 1 saturated carbocycles. The Balaban J connectivity index is 1.52. The Morgan fingerprint density at radius 3 is 2.92 bits per heavy atom. The van der Waals surface area contributed by atoms with Crippen LogP contribution in [0.1, 0.15) is 55.2 Å². The molecule has 4 rings (SSSR count). The van der Waals surface area contributed by atoms with E-state index in [1.807, 2.05) is 41.6 Å². The summed E-state index contributed by atoms with van der Waals surface area (Å²) in [5, 5.41) is 7.33. The standard InChI is InChI=1S/C20H25N5O/c1-2-11-25(16-7-3-4-8-16)20(26)18-12-15(22-23-18)13-24-14-21-17-9-5-6-10-19(17)24/h5-6,9-10,12,14,16H,2-4,7-8,11,13H2,1H3,(H,22,23). The molecule has 1 aromatic carbocycles. The molecule has 26 heavy (non-hydrogen) atoms. The van der Waals surface area contributed by atoms with Crippen molar-refractivity contribution in [1.82, 2.24) is 24.6 Å². The van der Waals surface area contributed by atoms with E-state index in [2.05, 4.69) is 26.7 Å². The van der Waals surface area contributed by atoms with E-state index in [0.29, 0.717) is 18.3 Å². The first-order chi connectivity index (χ1) is 12.8. The largest absolute Gasteiger partial charge is 0.334 e. The predicted molar refractivity (Wildman–Crippen MR) is 101 cm³/mol. The number of benzene rings is 1. The minimum absolute atomic E-state index is 0.0525. The minimum Gasteiger partial charge on any atom is -0.334 e. The highest BCUT2D eigenvalue weighted by Crippen LogP contribution is 2.25. The van der Waals surface area contributed by atoms with Gasteiger partial charge in [-0.15, -0.1) is 0 Å². The molecular weight excluding hydrogens is 326 g/mol. The van der Waals surface area contributed by atoms with Gasteiger partial charge in [0, 0.05) is 12.6 Å². The summed E-state index contributed by atoms with van der Waals surface area (Å²) < 4.78 is 2.07. The molecule has 0 radical (unpaired) electrons. The Kier molecular flexibility index (Phi) is 4.73. The molecule has 0 spiro atoms. The number of H-pyrrole nitrogens is 1. The molecule has 0 aliphatic heterocycles. The van der Waals surface area contributed by atoms with E-state index in [-0.39, 0.29) is 5.91 Å². The summed E-state index contributed by atoms with van der Waals surface area (Å²) in [4.78, 5) is 19.4. The summed E-state index contributed by atoms with van der Waals surface area (Å²) in [7, 11) is 0. The fraction of sp³-hybridized carbons (Fsp3) is 0.450. The molecule has 2 heterocycles. The number of hydrogen-bond donors (Lipinski definition) is 1. The summed E-state index contributed by atoms with van der Waals surface area (Å²) in [6, 6.07) is 10.3. The molecule has 136 valence electrons. The first-order valence-corrected chi connectivity index (χ1v) is 9.51. The van der Waals surface area contributed by atoms with E-state index in [0.717, 1.165) is 42.5 Å². The predicted octanol–water partition coefficient (Wildman–Crippen LogP) is 3.60. The van der Waals surface area contributed by atoms with Crippen LogP contribution < -0.4 is 0 Å². The fourth-order valence-corrected chi connectivity index (χ4v) is 3.93. The number of hydrogen-bond acceptors (Lipinski definition) is 3. The van der Waals surface area contributed by atoms with Crippen LogP contribution in [0.4, 0.5) is 0 Å². The second-order valence-electron chi connectivity index (χ2n) is 7.08. The number of rotatable bonds is 6. The third-order valence-corrected chi connectivity index (χ3v) is 5.21. The van der Waals surface area contributed by atoms with Crippen molar-refractivity contribution in [2.24, 2.45) is 0 Å². The SMILES string of the molecule is CCCN(C(=O)c1cc(Cn2cnc3ccccc32)[nH]n1)C1CCCC1. The smallest absolute Gasteiger partial charge is 0.274 e. The average Bonchev–Trinajstić information content (AvgIpc) is 3.41. The number of nitrogens with one attached hydrogen (secondary N) is 1. The van der Waals surface area contributed by atoms with Gasteiger partial charge in [-0.1, -0.05) is 31.9 Å². The molecule has 1 aliphatic carbocycles. The Hall–Kier alpha value is -2.63. The lowest BCUT2D eigenvalue weighted by Gasteiger charge is -2.27. The van der Waals surface area contributed by atoms with E-state index in [4.69, 9.17) is 0 Å². The average molecular weight is 351 g/mol. The van der Waals surface area contributed by atoms with Crippen LogP contribution in [0.25, 0.3) is 11.0 Å². The molecule has 3 aromatic rings. The molecule has 0 saturated heterocycles. The molecule has 6 nitrogen and oxygen atoms in total. The first-order valence-electron chi connectivity index (χ1n) is 9.51. The second-order valence-corrected chi connectivity index (χ2v) is 7.08. The van der Waals surface area contributed by atoms with Gasteiger partial charge in [0.1, 0.15) is 5.69 Å². The molecule has 6 heteroatoms. The highest BCUT2D eigenvalue weighted by Gasteiger charge is 2.28. The van der Waals surface area contributed by atoms with Gasteiger partial charge in [0.15, 0.2) is 0 Å². The van der Waals surface area contributed by atoms with Crippen molar-refractivity contribution in [2.75, 3.05) is 6.54 Å². The first kappa shape index (κ1) is 16.8. The Bertz CT molecular complexity index is 890. The summed E-state index contributed by atoms with van der Waals surface area (Å²) in [5.41, 5.74) is 3.48. The van der Waals surface area contributed by atoms with Crippen molar-refractivity contribution in [2.45, 2.75) is 51.6 Å². The van der Waals surface area contributed by atoms with Gasteiger partial charge < -0.3 is 9.47 Å². The minimum atomic E-state index is 0.0525. The highest BCUT2D eigenvalue weighted by atomic mass is 16.2. The third-order valence-electron chi connectivity index (χ3n) is 5.21. The van der Waals surface area contributed by atoms with E-state index < -0.39 is 0 Å². The highest BCUT2D eigenvalue weighted by molar-refractivity contribution is 5.92. The van der Waals surface area contributed by atoms with Crippen LogP contribution in [0.5, 0.6) is 0 Å². The lowest BCUT2D eigenvalue weighted by atomic mass is 10.2. The van der Waals surface area contributed by atoms with Crippen LogP contribution in [-0.4, -0.2) is 43.1 Å². The summed E-state index contributed by atoms with van der Waals surface area (Å²) in [6.07, 6.45) is 7.47. The molecule has 1 fully saturated rings. The second kappa shape index (κ2) is 7.32. The van der Waals surface area contributed by atoms with E-state index in [1.54, 1.807) is 0 Å². The van der Waals surface area contributed by atoms with Crippen molar-refractivity contribution < 1.29 is 4.79 Å². The maximum Gasteiger partial charge on any atom is 0.274 e. The fourth-order valence-electron chi connectivity index (χ4n) is 3.93. The maximum atomic E-state index is 13.0. The maximum absolute atomic E-state index is 13.0. The van der Waals surface area contributed by atoms with Gasteiger partial charge in [-0.2, -0.15) is 5.10 Å². The Morgan fingerprint density at radius 1 is 1.31 bits per heavy atom. The molecule has 1 amide bonds. The van der Waals surface area contributed by atoms with Crippen LogP contribution in [0.15, 0.2) is 36.7 Å². The van der Waals surface area contributed by atoms with Crippen molar-refractivity contribution in [3.8, 4) is 0 Å². The third kappa shape index (κ3) is 3.23. The van der Waals surface area contributed by atoms with Gasteiger partial charge in [0.2, 0.25) is 0 Å². The lowest BCUT2D eigenvalue weighted by Crippen LogP contribution is -2.39. The van der Waals surface area contributed by atoms with Gasteiger partial charge in [-0.3, -0.25) is 9.89 Å². The Labute approximate surface area is 153 Å². The number of imidazole rings is 1. The molecule has 0 unspecified atom stereocenters. The number of amides is 1. The zero-order chi connectivity index (χ0) is 17.9. The normalized spacial score (nSPS) is 15.0. The number of para-hydroxylation sites is 2. The summed E-state index contributed by atoms with van der Waals surface area (Å²) in [5.74, 6) is 0.0525. The van der Waals surface area contributed by atoms with E-state index >= 15 is 0 Å². The van der Waals surface area contributed by atoms with Crippen LogP contribution in [0, 0.1) is 0 Å². The number of nitrogens with zero attached hydrogens (tertiary/aromatic N) is 4. The lowest BCUT2D eigenvalue weighted by molar-refractivity contribution is 0.0675. The van der Waals surface area contributed by atoms with Crippen molar-refractivity contribution in [3.63, 3.8) is 0 Å². The van der Waals surface area contributed by atoms with Gasteiger partial charge in [0.25, 0.3) is 5.91 Å². The molecule has 1 aliphatic rings. The Morgan fingerprint density at radius 2 is 2.12 bits per heavy atom. The number of carbonyl (C=O) groups excluding carboxylic acids is 1. The van der Waals surface area contributed by atoms with Crippen LogP contribution >= 0.6 is 0 Å². The van der Waals surface area contributed by atoms with Crippen LogP contribution in [0.2, 0.25) is 0 Å². The number of fused-ring (bicyclic) bond motifs is 1. The molecule has 0 bridgehead atoms. The van der Waals surface area contributed by atoms with Crippen molar-refractivity contribution >= 4 is 16.9 Å². The number of aromatic amines is 1. The van der Waals surface area contributed by atoms with Gasteiger partial charge in [-0.05, 0) is 37.5 Å². The van der Waals surface area contributed by atoms with E-state index in [9.17, 15) is 4.79 Å². The van der Waals surface area contributed by atoms with Crippen LogP contribution in [0.3, 0.4) is 0 Å². The van der Waals surface area contributed by atoms with Crippen molar-refractivity contribution in [3.05, 3.63) is 48.0 Å². The molecule has 1 N–H and O–H groups in total. The quantitative estimate of drug-likeness (QED) is 0.738. The topological polar surface area (TPSA) is 66.8 Å². The van der Waals surface area contributed by atoms with Gasteiger partial charge >= 0.3 is 0 Å². The zero-order valence-corrected chi connectivity index (χ0v) is 15.2. The summed E-state index contributed by atoms with van der Waals surface area (Å²) >= 11 is 0.